The zero-order valence-electron chi connectivity index (χ0n) is 16.6. The van der Waals surface area contributed by atoms with Gasteiger partial charge >= 0.3 is 0 Å². The molecule has 0 bridgehead atoms. The molecule has 6 nitrogen and oxygen atoms in total. The Morgan fingerprint density at radius 2 is 2.04 bits per heavy atom. The molecule has 0 saturated carbocycles. The molecule has 2 N–H and O–H groups in total. The number of carbonyl (C=O) groups is 1. The molecule has 2 aliphatic heterocycles. The number of amides is 1. The van der Waals surface area contributed by atoms with E-state index in [1.165, 1.54) is 5.56 Å². The molecule has 1 aromatic heterocycles. The summed E-state index contributed by atoms with van der Waals surface area (Å²) in [6.07, 6.45) is 3.57. The van der Waals surface area contributed by atoms with Crippen molar-refractivity contribution in [3.8, 4) is 5.75 Å². The molecule has 1 fully saturated rings. The summed E-state index contributed by atoms with van der Waals surface area (Å²) in [5, 5.41) is 12.7. The number of rotatable bonds is 4. The van der Waals surface area contributed by atoms with E-state index in [9.17, 15) is 9.90 Å². The van der Waals surface area contributed by atoms with Gasteiger partial charge in [-0.15, -0.1) is 0 Å². The largest absolute Gasteiger partial charge is 0.508 e. The van der Waals surface area contributed by atoms with Gasteiger partial charge in [0.15, 0.2) is 0 Å². The Kier molecular flexibility index (Phi) is 5.20. The van der Waals surface area contributed by atoms with E-state index < -0.39 is 0 Å². The molecule has 0 atom stereocenters. The average molecular weight is 380 g/mol. The Labute approximate surface area is 166 Å². The molecule has 1 saturated heterocycles. The maximum absolute atomic E-state index is 12.4. The first kappa shape index (κ1) is 18.7. The Balaban J connectivity index is 1.59. The molecule has 28 heavy (non-hydrogen) atoms. The first-order chi connectivity index (χ1) is 13.5. The predicted octanol–water partition coefficient (Wildman–Crippen LogP) is 3.05. The molecule has 1 aromatic carbocycles. The van der Waals surface area contributed by atoms with Crippen molar-refractivity contribution in [2.75, 3.05) is 24.5 Å². The monoisotopic (exact) mass is 380 g/mol. The highest BCUT2D eigenvalue weighted by atomic mass is 16.3. The third kappa shape index (κ3) is 3.81. The summed E-state index contributed by atoms with van der Waals surface area (Å²) >= 11 is 0. The predicted molar refractivity (Wildman–Crippen MR) is 109 cm³/mol. The van der Waals surface area contributed by atoms with Gasteiger partial charge in [-0.05, 0) is 48.8 Å². The zero-order chi connectivity index (χ0) is 19.7. The lowest BCUT2D eigenvalue weighted by Gasteiger charge is -2.35. The fourth-order valence-corrected chi connectivity index (χ4v) is 4.24. The molecule has 1 amide bonds. The fourth-order valence-electron chi connectivity index (χ4n) is 4.24. The second-order valence-electron chi connectivity index (χ2n) is 8.25. The SMILES string of the molecule is CC(C)Cc1nc2c(c(N3CCC(c4cccc(O)c4)CC3)n1)CCNC2=O. The van der Waals surface area contributed by atoms with Crippen LogP contribution in [0.5, 0.6) is 5.75 Å². The average Bonchev–Trinajstić information content (AvgIpc) is 2.68. The van der Waals surface area contributed by atoms with Gasteiger partial charge in [0.1, 0.15) is 23.1 Å². The van der Waals surface area contributed by atoms with Crippen LogP contribution in [0.25, 0.3) is 0 Å². The third-order valence-electron chi connectivity index (χ3n) is 5.63. The highest BCUT2D eigenvalue weighted by Crippen LogP contribution is 2.33. The van der Waals surface area contributed by atoms with E-state index in [1.54, 1.807) is 6.07 Å². The number of benzene rings is 1. The first-order valence-electron chi connectivity index (χ1n) is 10.2. The van der Waals surface area contributed by atoms with E-state index in [1.807, 2.05) is 12.1 Å². The van der Waals surface area contributed by atoms with Crippen molar-refractivity contribution in [3.63, 3.8) is 0 Å². The maximum atomic E-state index is 12.4. The van der Waals surface area contributed by atoms with E-state index in [0.29, 0.717) is 29.8 Å². The summed E-state index contributed by atoms with van der Waals surface area (Å²) in [5.74, 6) is 2.84. The van der Waals surface area contributed by atoms with Gasteiger partial charge in [0.05, 0.1) is 0 Å². The van der Waals surface area contributed by atoms with Crippen LogP contribution >= 0.6 is 0 Å². The number of carbonyl (C=O) groups excluding carboxylic acids is 1. The molecule has 148 valence electrons. The standard InChI is InChI=1S/C22H28N4O2/c1-14(2)12-19-24-20-18(6-9-23-22(20)28)21(25-19)26-10-7-15(8-11-26)16-4-3-5-17(27)13-16/h3-5,13-15,27H,6-12H2,1-2H3,(H,23,28). The van der Waals surface area contributed by atoms with Crippen LogP contribution in [0.1, 0.15) is 60.0 Å². The van der Waals surface area contributed by atoms with Crippen molar-refractivity contribution in [2.24, 2.45) is 5.92 Å². The summed E-state index contributed by atoms with van der Waals surface area (Å²) < 4.78 is 0. The number of aromatic hydroxyl groups is 1. The first-order valence-corrected chi connectivity index (χ1v) is 10.2. The van der Waals surface area contributed by atoms with Gasteiger partial charge in [0, 0.05) is 31.6 Å². The molecule has 3 heterocycles. The van der Waals surface area contributed by atoms with Crippen LogP contribution in [0.15, 0.2) is 24.3 Å². The molecule has 6 heteroatoms. The minimum Gasteiger partial charge on any atom is -0.508 e. The number of hydrogen-bond acceptors (Lipinski definition) is 5. The van der Waals surface area contributed by atoms with Gasteiger partial charge in [-0.1, -0.05) is 26.0 Å². The van der Waals surface area contributed by atoms with Crippen LogP contribution < -0.4 is 10.2 Å². The summed E-state index contributed by atoms with van der Waals surface area (Å²) in [7, 11) is 0. The third-order valence-corrected chi connectivity index (χ3v) is 5.63. The molecule has 0 unspecified atom stereocenters. The second kappa shape index (κ2) is 7.78. The van der Waals surface area contributed by atoms with E-state index in [4.69, 9.17) is 4.98 Å². The second-order valence-corrected chi connectivity index (χ2v) is 8.25. The highest BCUT2D eigenvalue weighted by Gasteiger charge is 2.29. The van der Waals surface area contributed by atoms with E-state index in [2.05, 4.69) is 35.1 Å². The van der Waals surface area contributed by atoms with Gasteiger partial charge < -0.3 is 15.3 Å². The number of anilines is 1. The molecule has 2 aromatic rings. The van der Waals surface area contributed by atoms with Crippen molar-refractivity contribution in [2.45, 2.75) is 45.4 Å². The van der Waals surface area contributed by atoms with Crippen molar-refractivity contribution in [1.82, 2.24) is 15.3 Å². The molecule has 0 radical (unpaired) electrons. The Morgan fingerprint density at radius 1 is 1.25 bits per heavy atom. The van der Waals surface area contributed by atoms with Crippen LogP contribution in [-0.4, -0.2) is 40.6 Å². The minimum absolute atomic E-state index is 0.0791. The van der Waals surface area contributed by atoms with Gasteiger partial charge in [-0.2, -0.15) is 0 Å². The minimum atomic E-state index is -0.0791. The quantitative estimate of drug-likeness (QED) is 0.852. The normalized spacial score (nSPS) is 17.5. The van der Waals surface area contributed by atoms with Crippen LogP contribution in [0.3, 0.4) is 0 Å². The lowest BCUT2D eigenvalue weighted by molar-refractivity contribution is 0.0940. The lowest BCUT2D eigenvalue weighted by atomic mass is 9.89. The van der Waals surface area contributed by atoms with Gasteiger partial charge in [-0.3, -0.25) is 4.79 Å². The van der Waals surface area contributed by atoms with E-state index >= 15 is 0 Å². The van der Waals surface area contributed by atoms with Gasteiger partial charge in [-0.25, -0.2) is 9.97 Å². The van der Waals surface area contributed by atoms with Gasteiger partial charge in [0.2, 0.25) is 0 Å². The summed E-state index contributed by atoms with van der Waals surface area (Å²) in [6, 6.07) is 7.59. The van der Waals surface area contributed by atoms with Crippen molar-refractivity contribution in [1.29, 1.82) is 0 Å². The van der Waals surface area contributed by atoms with Crippen molar-refractivity contribution >= 4 is 11.7 Å². The molecule has 2 aliphatic rings. The van der Waals surface area contributed by atoms with E-state index in [-0.39, 0.29) is 5.91 Å². The number of hydrogen-bond donors (Lipinski definition) is 2. The number of nitrogens with one attached hydrogen (secondary N) is 1. The number of nitrogens with zero attached hydrogens (tertiary/aromatic N) is 3. The number of piperidine rings is 1. The van der Waals surface area contributed by atoms with Crippen LogP contribution in [0.2, 0.25) is 0 Å². The zero-order valence-corrected chi connectivity index (χ0v) is 16.6. The molecular weight excluding hydrogens is 352 g/mol. The number of phenolic OH excluding ortho intramolecular Hbond substituents is 1. The topological polar surface area (TPSA) is 78.3 Å². The van der Waals surface area contributed by atoms with Crippen LogP contribution in [0, 0.1) is 5.92 Å². The Bertz CT molecular complexity index is 873. The Morgan fingerprint density at radius 3 is 2.75 bits per heavy atom. The molecule has 4 rings (SSSR count). The van der Waals surface area contributed by atoms with E-state index in [0.717, 1.165) is 56.0 Å². The number of fused-ring (bicyclic) bond motifs is 1. The lowest BCUT2D eigenvalue weighted by Crippen LogP contribution is -2.39. The molecule has 0 aliphatic carbocycles. The summed E-state index contributed by atoms with van der Waals surface area (Å²) in [5.41, 5.74) is 2.75. The fraction of sp³-hybridized carbons (Fsp3) is 0.500. The van der Waals surface area contributed by atoms with Crippen molar-refractivity contribution in [3.05, 3.63) is 46.9 Å². The van der Waals surface area contributed by atoms with Gasteiger partial charge in [0.25, 0.3) is 5.91 Å². The van der Waals surface area contributed by atoms with Crippen LogP contribution in [0.4, 0.5) is 5.82 Å². The molecular formula is C22H28N4O2. The summed E-state index contributed by atoms with van der Waals surface area (Å²) in [6.45, 7) is 6.72. The van der Waals surface area contributed by atoms with Crippen LogP contribution in [-0.2, 0) is 12.8 Å². The smallest absolute Gasteiger partial charge is 0.270 e. The van der Waals surface area contributed by atoms with Crippen molar-refractivity contribution < 1.29 is 9.90 Å². The maximum Gasteiger partial charge on any atom is 0.270 e. The molecule has 0 spiro atoms. The Hall–Kier alpha value is -2.63. The number of phenols is 1. The number of aromatic nitrogens is 2. The summed E-state index contributed by atoms with van der Waals surface area (Å²) in [4.78, 5) is 24.2. The highest BCUT2D eigenvalue weighted by molar-refractivity contribution is 5.96.